The first-order valence-electron chi connectivity index (χ1n) is 7.06. The molecule has 0 amide bonds. The van der Waals surface area contributed by atoms with Gasteiger partial charge in [-0.05, 0) is 38.0 Å². The molecule has 5 rings (SSSR count). The van der Waals surface area contributed by atoms with E-state index >= 15 is 0 Å². The molecule has 1 saturated heterocycles. The molecule has 2 unspecified atom stereocenters. The summed E-state index contributed by atoms with van der Waals surface area (Å²) in [6, 6.07) is 0. The fourth-order valence-electron chi connectivity index (χ4n) is 5.08. The van der Waals surface area contributed by atoms with Crippen molar-refractivity contribution in [3.05, 3.63) is 0 Å². The molecule has 3 atom stereocenters. The highest BCUT2D eigenvalue weighted by Crippen LogP contribution is 2.65. The Bertz CT molecular complexity index is 354. The summed E-state index contributed by atoms with van der Waals surface area (Å²) >= 11 is 0. The molecule has 0 aromatic rings. The van der Waals surface area contributed by atoms with E-state index in [2.05, 4.69) is 0 Å². The fraction of sp³-hybridized carbons (Fsp3) is 0.929. The lowest BCUT2D eigenvalue weighted by Gasteiger charge is -2.61. The zero-order valence-corrected chi connectivity index (χ0v) is 10.2. The van der Waals surface area contributed by atoms with Crippen molar-refractivity contribution in [2.24, 2.45) is 17.3 Å². The Labute approximate surface area is 102 Å². The number of ketones is 1. The average molecular weight is 236 g/mol. The van der Waals surface area contributed by atoms with Gasteiger partial charge >= 0.3 is 0 Å². The molecule has 0 aromatic heterocycles. The molecular weight excluding hydrogens is 216 g/mol. The Morgan fingerprint density at radius 3 is 2.82 bits per heavy atom. The third-order valence-corrected chi connectivity index (χ3v) is 5.74. The average Bonchev–Trinajstić information content (AvgIpc) is 2.79. The van der Waals surface area contributed by atoms with Crippen molar-refractivity contribution >= 4 is 5.78 Å². The summed E-state index contributed by atoms with van der Waals surface area (Å²) in [6.07, 6.45) is 7.52. The number of hydrogen-bond donors (Lipinski definition) is 0. The van der Waals surface area contributed by atoms with Gasteiger partial charge in [-0.25, -0.2) is 0 Å². The van der Waals surface area contributed by atoms with Gasteiger partial charge in [0, 0.05) is 24.2 Å². The van der Waals surface area contributed by atoms with E-state index in [1.807, 2.05) is 0 Å². The van der Waals surface area contributed by atoms with Gasteiger partial charge in [-0.15, -0.1) is 0 Å². The summed E-state index contributed by atoms with van der Waals surface area (Å²) in [5.41, 5.74) is 0.0353. The second-order valence-corrected chi connectivity index (χ2v) is 6.32. The van der Waals surface area contributed by atoms with Gasteiger partial charge < -0.3 is 9.47 Å². The number of carbonyl (C=O) groups is 1. The number of carbonyl (C=O) groups excluding carboxylic acids is 1. The molecule has 94 valence electrons. The molecule has 4 aliphatic carbocycles. The van der Waals surface area contributed by atoms with E-state index < -0.39 is 0 Å². The van der Waals surface area contributed by atoms with E-state index in [1.54, 1.807) is 0 Å². The van der Waals surface area contributed by atoms with Gasteiger partial charge in [0.1, 0.15) is 5.78 Å². The summed E-state index contributed by atoms with van der Waals surface area (Å²) in [4.78, 5) is 12.2. The van der Waals surface area contributed by atoms with Crippen LogP contribution in [0.25, 0.3) is 0 Å². The van der Waals surface area contributed by atoms with Crippen molar-refractivity contribution in [2.75, 3.05) is 13.2 Å². The molecule has 17 heavy (non-hydrogen) atoms. The SMILES string of the molecule is O=C1CCC[C@@]23CCC(CC12)CC31OCCO1. The minimum absolute atomic E-state index is 0.0353. The van der Waals surface area contributed by atoms with Crippen LogP contribution in [0.15, 0.2) is 0 Å². The maximum atomic E-state index is 12.2. The predicted octanol–water partition coefficient (Wildman–Crippen LogP) is 2.29. The minimum Gasteiger partial charge on any atom is -0.347 e. The molecular formula is C14H20O3. The topological polar surface area (TPSA) is 35.5 Å². The van der Waals surface area contributed by atoms with Gasteiger partial charge in [0.25, 0.3) is 0 Å². The molecule has 3 nitrogen and oxygen atoms in total. The molecule has 5 aliphatic rings. The molecule has 0 aromatic carbocycles. The van der Waals surface area contributed by atoms with E-state index in [4.69, 9.17) is 9.47 Å². The van der Waals surface area contributed by atoms with Crippen LogP contribution in [0.5, 0.6) is 0 Å². The van der Waals surface area contributed by atoms with Crippen LogP contribution in [0, 0.1) is 17.3 Å². The van der Waals surface area contributed by atoms with Gasteiger partial charge in [0.05, 0.1) is 13.2 Å². The van der Waals surface area contributed by atoms with Crippen LogP contribution in [0.1, 0.15) is 44.9 Å². The van der Waals surface area contributed by atoms with E-state index in [0.717, 1.165) is 51.7 Å². The van der Waals surface area contributed by atoms with Crippen molar-refractivity contribution in [3.8, 4) is 0 Å². The zero-order chi connectivity index (χ0) is 11.5. The zero-order valence-electron chi connectivity index (χ0n) is 10.2. The molecule has 2 bridgehead atoms. The Hall–Kier alpha value is -0.410. The molecule has 4 saturated carbocycles. The van der Waals surface area contributed by atoms with Crippen LogP contribution in [0.2, 0.25) is 0 Å². The second kappa shape index (κ2) is 3.33. The Balaban J connectivity index is 1.80. The molecule has 0 N–H and O–H groups in total. The lowest BCUT2D eigenvalue weighted by molar-refractivity contribution is -0.305. The Kier molecular flexibility index (Phi) is 2.06. The third-order valence-electron chi connectivity index (χ3n) is 5.74. The summed E-state index contributed by atoms with van der Waals surface area (Å²) in [5, 5.41) is 0. The van der Waals surface area contributed by atoms with Crippen LogP contribution >= 0.6 is 0 Å². The van der Waals surface area contributed by atoms with Crippen molar-refractivity contribution in [1.29, 1.82) is 0 Å². The normalized spacial score (nSPS) is 47.4. The standard InChI is InChI=1S/C14H20O3/c15-12-2-1-4-13-5-3-10(8-11(12)13)9-14(13)16-6-7-17-14/h10-11H,1-9H2/t10?,11?,13-/m1/s1. The van der Waals surface area contributed by atoms with E-state index in [-0.39, 0.29) is 17.1 Å². The largest absolute Gasteiger partial charge is 0.347 e. The van der Waals surface area contributed by atoms with Gasteiger partial charge in [0.2, 0.25) is 0 Å². The fourth-order valence-corrected chi connectivity index (χ4v) is 5.08. The first kappa shape index (κ1) is 10.5. The van der Waals surface area contributed by atoms with E-state index in [1.165, 1.54) is 6.42 Å². The van der Waals surface area contributed by atoms with Gasteiger partial charge in [-0.3, -0.25) is 4.79 Å². The van der Waals surface area contributed by atoms with Crippen molar-refractivity contribution in [2.45, 2.75) is 50.7 Å². The number of fused-ring (bicyclic) bond motifs is 1. The van der Waals surface area contributed by atoms with Gasteiger partial charge in [0.15, 0.2) is 5.79 Å². The maximum Gasteiger partial charge on any atom is 0.174 e. The van der Waals surface area contributed by atoms with E-state index in [9.17, 15) is 4.79 Å². The molecule has 5 fully saturated rings. The van der Waals surface area contributed by atoms with Crippen molar-refractivity contribution in [1.82, 2.24) is 0 Å². The number of rotatable bonds is 0. The minimum atomic E-state index is -0.380. The number of ether oxygens (including phenoxy) is 2. The summed E-state index contributed by atoms with van der Waals surface area (Å²) in [7, 11) is 0. The van der Waals surface area contributed by atoms with Crippen LogP contribution in [0.4, 0.5) is 0 Å². The molecule has 3 heteroatoms. The highest BCUT2D eigenvalue weighted by atomic mass is 16.7. The highest BCUT2D eigenvalue weighted by Gasteiger charge is 2.67. The first-order chi connectivity index (χ1) is 8.26. The quantitative estimate of drug-likeness (QED) is 0.647. The third kappa shape index (κ3) is 1.17. The van der Waals surface area contributed by atoms with Gasteiger partial charge in [-0.2, -0.15) is 0 Å². The summed E-state index contributed by atoms with van der Waals surface area (Å²) in [5.74, 6) is 0.998. The smallest absolute Gasteiger partial charge is 0.174 e. The summed E-state index contributed by atoms with van der Waals surface area (Å²) in [6.45, 7) is 1.44. The lowest BCUT2D eigenvalue weighted by Crippen LogP contribution is -2.64. The van der Waals surface area contributed by atoms with Crippen LogP contribution in [0.3, 0.4) is 0 Å². The number of Topliss-reactive ketones (excluding diaryl/α,β-unsaturated/α-hetero) is 1. The molecule has 0 radical (unpaired) electrons. The predicted molar refractivity (Wildman–Crippen MR) is 61.4 cm³/mol. The first-order valence-corrected chi connectivity index (χ1v) is 7.06. The van der Waals surface area contributed by atoms with Crippen molar-refractivity contribution in [3.63, 3.8) is 0 Å². The lowest BCUT2D eigenvalue weighted by atomic mass is 9.47. The van der Waals surface area contributed by atoms with E-state index in [0.29, 0.717) is 11.7 Å². The maximum absolute atomic E-state index is 12.2. The second-order valence-electron chi connectivity index (χ2n) is 6.32. The molecule has 1 aliphatic heterocycles. The van der Waals surface area contributed by atoms with Crippen LogP contribution in [-0.4, -0.2) is 24.8 Å². The van der Waals surface area contributed by atoms with Crippen LogP contribution in [-0.2, 0) is 14.3 Å². The monoisotopic (exact) mass is 236 g/mol. The molecule has 1 heterocycles. The Morgan fingerprint density at radius 1 is 1.18 bits per heavy atom. The molecule has 2 spiro atoms. The Morgan fingerprint density at radius 2 is 2.00 bits per heavy atom. The van der Waals surface area contributed by atoms with Crippen LogP contribution < -0.4 is 0 Å². The summed E-state index contributed by atoms with van der Waals surface area (Å²) < 4.78 is 12.1. The van der Waals surface area contributed by atoms with Crippen molar-refractivity contribution < 1.29 is 14.3 Å². The van der Waals surface area contributed by atoms with Gasteiger partial charge in [-0.1, -0.05) is 0 Å². The number of hydrogen-bond acceptors (Lipinski definition) is 3. The highest BCUT2D eigenvalue weighted by molar-refractivity contribution is 5.83.